The summed E-state index contributed by atoms with van der Waals surface area (Å²) in [5, 5.41) is 0. The van der Waals surface area contributed by atoms with Crippen LogP contribution >= 0.6 is 12.4 Å². The first kappa shape index (κ1) is 30.1. The molecule has 0 fully saturated rings. The molecule has 0 saturated carbocycles. The van der Waals surface area contributed by atoms with Gasteiger partial charge in [0.25, 0.3) is 0 Å². The molecule has 0 heterocycles. The predicted molar refractivity (Wildman–Crippen MR) is 129 cm³/mol. The van der Waals surface area contributed by atoms with Crippen LogP contribution in [-0.2, 0) is 9.59 Å². The van der Waals surface area contributed by atoms with E-state index in [0.29, 0.717) is 18.4 Å². The molecule has 0 aliphatic carbocycles. The number of carbonyl (C=O) groups excluding carboxylic acids is 3. The van der Waals surface area contributed by atoms with Gasteiger partial charge in [0.05, 0.1) is 16.9 Å². The fourth-order valence-electron chi connectivity index (χ4n) is 3.25. The number of rotatable bonds is 11. The van der Waals surface area contributed by atoms with Crippen LogP contribution in [0.1, 0.15) is 91.4 Å². The average Bonchev–Trinajstić information content (AvgIpc) is 2.67. The van der Waals surface area contributed by atoms with Gasteiger partial charge in [-0.3, -0.25) is 14.4 Å². The first-order valence-electron chi connectivity index (χ1n) is 11.1. The minimum Gasteiger partial charge on any atom is -0.422 e. The van der Waals surface area contributed by atoms with E-state index >= 15 is 0 Å². The molecular weight excluding hydrogens is 430 g/mol. The zero-order chi connectivity index (χ0) is 24.0. The zero-order valence-corrected chi connectivity index (χ0v) is 21.6. The van der Waals surface area contributed by atoms with Crippen LogP contribution in [0.15, 0.2) is 18.2 Å². The van der Waals surface area contributed by atoms with E-state index in [4.69, 9.17) is 15.2 Å². The number of ether oxygens (including phenoxy) is 2. The standard InChI is InChI=1S/C25H39NO5.ClH/c1-9-13-24(5,6)22(28)30-18-12-11-17(21(27)20(26)16(3)4)15-19(18)31-23(29)25(7,8)14-10-2;/h11-12,15-16,20H,9-10,13-14,26H2,1-8H3;1H. The molecule has 0 amide bonds. The van der Waals surface area contributed by atoms with Crippen molar-refractivity contribution in [1.29, 1.82) is 0 Å². The minimum absolute atomic E-state index is 0. The summed E-state index contributed by atoms with van der Waals surface area (Å²) >= 11 is 0. The zero-order valence-electron chi connectivity index (χ0n) is 20.7. The second-order valence-electron chi connectivity index (χ2n) is 9.84. The van der Waals surface area contributed by atoms with Gasteiger partial charge in [-0.1, -0.05) is 40.5 Å². The fourth-order valence-corrected chi connectivity index (χ4v) is 3.25. The van der Waals surface area contributed by atoms with Gasteiger partial charge in [-0.05, 0) is 64.7 Å². The van der Waals surface area contributed by atoms with Gasteiger partial charge >= 0.3 is 11.9 Å². The number of ketones is 1. The molecule has 1 aromatic carbocycles. The normalized spacial score (nSPS) is 12.7. The Kier molecular flexibility index (Phi) is 11.6. The summed E-state index contributed by atoms with van der Waals surface area (Å²) in [5.74, 6) is -1.01. The van der Waals surface area contributed by atoms with Gasteiger partial charge in [0.2, 0.25) is 0 Å². The quantitative estimate of drug-likeness (QED) is 0.252. The lowest BCUT2D eigenvalue weighted by Crippen LogP contribution is -2.35. The van der Waals surface area contributed by atoms with E-state index in [1.165, 1.54) is 12.1 Å². The van der Waals surface area contributed by atoms with E-state index in [9.17, 15) is 14.4 Å². The van der Waals surface area contributed by atoms with Crippen LogP contribution in [0.4, 0.5) is 0 Å². The van der Waals surface area contributed by atoms with Crippen molar-refractivity contribution in [1.82, 2.24) is 0 Å². The van der Waals surface area contributed by atoms with Crippen LogP contribution < -0.4 is 15.2 Å². The van der Waals surface area contributed by atoms with Crippen LogP contribution in [-0.4, -0.2) is 23.8 Å². The maximum Gasteiger partial charge on any atom is 0.317 e. The Morgan fingerprint density at radius 2 is 1.31 bits per heavy atom. The molecular formula is C25H40ClNO5. The lowest BCUT2D eigenvalue weighted by molar-refractivity contribution is -0.147. The second kappa shape index (κ2) is 12.4. The number of benzene rings is 1. The molecule has 1 aromatic rings. The van der Waals surface area contributed by atoms with E-state index in [0.717, 1.165) is 12.8 Å². The lowest BCUT2D eigenvalue weighted by atomic mass is 9.88. The number of esters is 2. The molecule has 0 spiro atoms. The number of nitrogens with two attached hydrogens (primary N) is 1. The minimum atomic E-state index is -0.716. The molecule has 0 aliphatic heterocycles. The van der Waals surface area contributed by atoms with Crippen molar-refractivity contribution in [2.45, 2.75) is 87.1 Å². The van der Waals surface area contributed by atoms with Crippen LogP contribution in [0.25, 0.3) is 0 Å². The molecule has 0 saturated heterocycles. The molecule has 0 aromatic heterocycles. The third-order valence-corrected chi connectivity index (χ3v) is 5.51. The molecule has 32 heavy (non-hydrogen) atoms. The Bertz CT molecular complexity index is 802. The van der Waals surface area contributed by atoms with Crippen molar-refractivity contribution in [3.8, 4) is 11.5 Å². The van der Waals surface area contributed by atoms with Crippen molar-refractivity contribution >= 4 is 30.1 Å². The van der Waals surface area contributed by atoms with Crippen molar-refractivity contribution in [2.75, 3.05) is 0 Å². The molecule has 0 radical (unpaired) electrons. The molecule has 1 atom stereocenters. The van der Waals surface area contributed by atoms with E-state index in [2.05, 4.69) is 0 Å². The highest BCUT2D eigenvalue weighted by Crippen LogP contribution is 2.35. The summed E-state index contributed by atoms with van der Waals surface area (Å²) in [4.78, 5) is 38.3. The average molecular weight is 470 g/mol. The number of Topliss-reactive ketones (excluding diaryl/α,β-unsaturated/α-hetero) is 1. The van der Waals surface area contributed by atoms with Crippen LogP contribution in [0.2, 0.25) is 0 Å². The first-order chi connectivity index (χ1) is 14.3. The Hall–Kier alpha value is -1.92. The number of halogens is 1. The molecule has 182 valence electrons. The number of hydrogen-bond donors (Lipinski definition) is 1. The predicted octanol–water partition coefficient (Wildman–Crippen LogP) is 5.74. The van der Waals surface area contributed by atoms with Gasteiger partial charge in [-0.15, -0.1) is 12.4 Å². The maximum atomic E-state index is 12.8. The van der Waals surface area contributed by atoms with Gasteiger partial charge in [0.15, 0.2) is 17.3 Å². The summed E-state index contributed by atoms with van der Waals surface area (Å²) in [5.41, 5.74) is 4.92. The van der Waals surface area contributed by atoms with Crippen molar-refractivity contribution in [3.63, 3.8) is 0 Å². The number of hydrogen-bond acceptors (Lipinski definition) is 6. The monoisotopic (exact) mass is 469 g/mol. The molecule has 1 unspecified atom stereocenters. The van der Waals surface area contributed by atoms with Crippen molar-refractivity contribution < 1.29 is 23.9 Å². The van der Waals surface area contributed by atoms with Gasteiger partial charge in [-0.2, -0.15) is 0 Å². The van der Waals surface area contributed by atoms with Crippen molar-refractivity contribution in [2.24, 2.45) is 22.5 Å². The molecule has 0 bridgehead atoms. The Morgan fingerprint density at radius 1 is 0.875 bits per heavy atom. The third-order valence-electron chi connectivity index (χ3n) is 5.51. The summed E-state index contributed by atoms with van der Waals surface area (Å²) in [6, 6.07) is 3.81. The SMILES string of the molecule is CCCC(C)(C)C(=O)Oc1ccc(C(=O)C(N)C(C)C)cc1OC(=O)C(C)(C)CCC.Cl. The largest absolute Gasteiger partial charge is 0.422 e. The highest BCUT2D eigenvalue weighted by Gasteiger charge is 2.33. The fraction of sp³-hybridized carbons (Fsp3) is 0.640. The van der Waals surface area contributed by atoms with Gasteiger partial charge in [0.1, 0.15) is 0 Å². The Morgan fingerprint density at radius 3 is 1.72 bits per heavy atom. The summed E-state index contributed by atoms with van der Waals surface area (Å²) < 4.78 is 11.3. The summed E-state index contributed by atoms with van der Waals surface area (Å²) in [6.07, 6.45) is 2.94. The molecule has 0 aliphatic rings. The van der Waals surface area contributed by atoms with Gasteiger partial charge in [-0.25, -0.2) is 0 Å². The summed E-state index contributed by atoms with van der Waals surface area (Å²) in [6.45, 7) is 15.0. The molecule has 2 N–H and O–H groups in total. The molecule has 6 nitrogen and oxygen atoms in total. The van der Waals surface area contributed by atoms with E-state index in [-0.39, 0.29) is 35.6 Å². The molecule has 7 heteroatoms. The lowest BCUT2D eigenvalue weighted by Gasteiger charge is -2.24. The third kappa shape index (κ3) is 7.89. The maximum absolute atomic E-state index is 12.8. The second-order valence-corrected chi connectivity index (χ2v) is 9.84. The highest BCUT2D eigenvalue weighted by molar-refractivity contribution is 6.01. The number of carbonyl (C=O) groups is 3. The van der Waals surface area contributed by atoms with Crippen LogP contribution in [0.3, 0.4) is 0 Å². The van der Waals surface area contributed by atoms with Crippen molar-refractivity contribution in [3.05, 3.63) is 23.8 Å². The van der Waals surface area contributed by atoms with Gasteiger partial charge < -0.3 is 15.2 Å². The topological polar surface area (TPSA) is 95.7 Å². The first-order valence-corrected chi connectivity index (χ1v) is 11.1. The van der Waals surface area contributed by atoms with Crippen LogP contribution in [0, 0.1) is 16.7 Å². The molecule has 1 rings (SSSR count). The van der Waals surface area contributed by atoms with E-state index in [1.807, 2.05) is 41.5 Å². The smallest absolute Gasteiger partial charge is 0.317 e. The Balaban J connectivity index is 0.00000961. The Labute approximate surface area is 199 Å². The van der Waals surface area contributed by atoms with E-state index < -0.39 is 28.8 Å². The van der Waals surface area contributed by atoms with E-state index in [1.54, 1.807) is 19.9 Å². The van der Waals surface area contributed by atoms with Gasteiger partial charge in [0, 0.05) is 5.56 Å². The summed E-state index contributed by atoms with van der Waals surface area (Å²) in [7, 11) is 0. The van der Waals surface area contributed by atoms with Crippen LogP contribution in [0.5, 0.6) is 11.5 Å². The highest BCUT2D eigenvalue weighted by atomic mass is 35.5.